The topological polar surface area (TPSA) is 58.4 Å². The Kier molecular flexibility index (Phi) is 5.10. The molecule has 0 N–H and O–H groups in total. The van der Waals surface area contributed by atoms with Crippen LogP contribution >= 0.6 is 0 Å². The van der Waals surface area contributed by atoms with Gasteiger partial charge in [0.25, 0.3) is 0 Å². The largest absolute Gasteiger partial charge is 0.497 e. The van der Waals surface area contributed by atoms with E-state index in [1.807, 2.05) is 6.07 Å². The van der Waals surface area contributed by atoms with Crippen molar-refractivity contribution >= 4 is 16.9 Å². The Morgan fingerprint density at radius 3 is 2.46 bits per heavy atom. The van der Waals surface area contributed by atoms with Crippen LogP contribution in [0.4, 0.5) is 5.88 Å². The number of methoxy groups -OCH3 is 1. The molecule has 0 aliphatic carbocycles. The molecule has 2 aliphatic rings. The van der Waals surface area contributed by atoms with E-state index in [1.165, 1.54) is 0 Å². The molecule has 4 rings (SSSR count). The minimum Gasteiger partial charge on any atom is -0.497 e. The van der Waals surface area contributed by atoms with Crippen molar-refractivity contribution in [1.82, 2.24) is 9.80 Å². The summed E-state index contributed by atoms with van der Waals surface area (Å²) in [6.07, 6.45) is 0. The second-order valence-electron chi connectivity index (χ2n) is 6.79. The molecule has 7 nitrogen and oxygen atoms in total. The highest BCUT2D eigenvalue weighted by Gasteiger charge is 2.22. The number of hydrogen-bond acceptors (Lipinski definition) is 7. The van der Waals surface area contributed by atoms with Crippen molar-refractivity contribution in [2.75, 3.05) is 71.2 Å². The third-order valence-corrected chi connectivity index (χ3v) is 5.11. The molecule has 26 heavy (non-hydrogen) atoms. The zero-order chi connectivity index (χ0) is 17.9. The van der Waals surface area contributed by atoms with E-state index in [-0.39, 0.29) is 5.43 Å². The average Bonchev–Trinajstić information content (AvgIpc) is 2.69. The molecule has 2 aromatic rings. The summed E-state index contributed by atoms with van der Waals surface area (Å²) in [7, 11) is 1.59. The maximum atomic E-state index is 12.5. The Morgan fingerprint density at radius 1 is 1.00 bits per heavy atom. The molecular formula is C19H25N3O4. The third-order valence-electron chi connectivity index (χ3n) is 5.11. The monoisotopic (exact) mass is 359 g/mol. The van der Waals surface area contributed by atoms with Crippen molar-refractivity contribution in [2.45, 2.75) is 0 Å². The smallest absolute Gasteiger partial charge is 0.200 e. The minimum atomic E-state index is -0.0316. The standard InChI is InChI=1S/C19H25N3O4/c1-24-15-2-3-18-16(12-15)17(23)13-19(26-18)22-6-4-20(5-7-22)14-21-8-10-25-11-9-21/h2-3,12-13H,4-11,14H2,1H3. The summed E-state index contributed by atoms with van der Waals surface area (Å²) < 4.78 is 16.6. The van der Waals surface area contributed by atoms with Crippen LogP contribution in [0.3, 0.4) is 0 Å². The van der Waals surface area contributed by atoms with E-state index in [9.17, 15) is 4.79 Å². The first kappa shape index (κ1) is 17.3. The lowest BCUT2D eigenvalue weighted by Gasteiger charge is -2.38. The molecule has 0 atom stereocenters. The van der Waals surface area contributed by atoms with Gasteiger partial charge in [0.05, 0.1) is 32.4 Å². The van der Waals surface area contributed by atoms with E-state index in [0.29, 0.717) is 22.6 Å². The highest BCUT2D eigenvalue weighted by Crippen LogP contribution is 2.23. The van der Waals surface area contributed by atoms with Crippen LogP contribution in [0.1, 0.15) is 0 Å². The van der Waals surface area contributed by atoms with Gasteiger partial charge in [0.15, 0.2) is 11.3 Å². The van der Waals surface area contributed by atoms with E-state index < -0.39 is 0 Å². The van der Waals surface area contributed by atoms with Gasteiger partial charge in [0.2, 0.25) is 0 Å². The first-order valence-corrected chi connectivity index (χ1v) is 9.12. The van der Waals surface area contributed by atoms with Crippen molar-refractivity contribution < 1.29 is 13.9 Å². The molecule has 3 heterocycles. The van der Waals surface area contributed by atoms with Gasteiger partial charge in [-0.2, -0.15) is 0 Å². The predicted molar refractivity (Wildman–Crippen MR) is 100 cm³/mol. The number of morpholine rings is 1. The normalized spacial score (nSPS) is 19.8. The number of hydrogen-bond donors (Lipinski definition) is 0. The lowest BCUT2D eigenvalue weighted by molar-refractivity contribution is 0.00873. The second-order valence-corrected chi connectivity index (χ2v) is 6.79. The van der Waals surface area contributed by atoms with Gasteiger partial charge in [-0.25, -0.2) is 0 Å². The molecule has 0 unspecified atom stereocenters. The Hall–Kier alpha value is -2.09. The van der Waals surface area contributed by atoms with Crippen LogP contribution in [0.15, 0.2) is 33.5 Å². The van der Waals surface area contributed by atoms with Crippen molar-refractivity contribution in [3.8, 4) is 5.75 Å². The van der Waals surface area contributed by atoms with Crippen LogP contribution in [-0.4, -0.2) is 76.1 Å². The predicted octanol–water partition coefficient (Wildman–Crippen LogP) is 1.21. The van der Waals surface area contributed by atoms with Gasteiger partial charge in [-0.1, -0.05) is 0 Å². The maximum absolute atomic E-state index is 12.5. The van der Waals surface area contributed by atoms with E-state index in [2.05, 4.69) is 14.7 Å². The number of ether oxygens (including phenoxy) is 2. The Balaban J connectivity index is 1.43. The molecular weight excluding hydrogens is 334 g/mol. The number of rotatable bonds is 4. The molecule has 140 valence electrons. The zero-order valence-electron chi connectivity index (χ0n) is 15.1. The van der Waals surface area contributed by atoms with Crippen LogP contribution < -0.4 is 15.1 Å². The Bertz CT molecular complexity index is 808. The fourth-order valence-corrected chi connectivity index (χ4v) is 3.54. The van der Waals surface area contributed by atoms with Crippen molar-refractivity contribution in [3.63, 3.8) is 0 Å². The Labute approximate surface area is 152 Å². The summed E-state index contributed by atoms with van der Waals surface area (Å²) in [5, 5.41) is 0.555. The van der Waals surface area contributed by atoms with Gasteiger partial charge < -0.3 is 18.8 Å². The highest BCUT2D eigenvalue weighted by atomic mass is 16.5. The second kappa shape index (κ2) is 7.65. The van der Waals surface area contributed by atoms with E-state index in [4.69, 9.17) is 13.9 Å². The van der Waals surface area contributed by atoms with Gasteiger partial charge in [-0.3, -0.25) is 14.6 Å². The van der Waals surface area contributed by atoms with Gasteiger partial charge in [0, 0.05) is 45.3 Å². The molecule has 7 heteroatoms. The third kappa shape index (κ3) is 3.70. The van der Waals surface area contributed by atoms with Crippen LogP contribution in [0, 0.1) is 0 Å². The quantitative estimate of drug-likeness (QED) is 0.813. The zero-order valence-corrected chi connectivity index (χ0v) is 15.1. The van der Waals surface area contributed by atoms with Gasteiger partial charge in [0.1, 0.15) is 11.3 Å². The average molecular weight is 359 g/mol. The maximum Gasteiger partial charge on any atom is 0.200 e. The molecule has 1 aromatic heterocycles. The summed E-state index contributed by atoms with van der Waals surface area (Å²) in [5.41, 5.74) is 0.569. The van der Waals surface area contributed by atoms with Crippen molar-refractivity contribution in [1.29, 1.82) is 0 Å². The number of anilines is 1. The first-order chi connectivity index (χ1) is 12.7. The van der Waals surface area contributed by atoms with Crippen LogP contribution in [0.2, 0.25) is 0 Å². The molecule has 2 saturated heterocycles. The molecule has 0 bridgehead atoms. The summed E-state index contributed by atoms with van der Waals surface area (Å²) >= 11 is 0. The molecule has 0 spiro atoms. The van der Waals surface area contributed by atoms with E-state index in [0.717, 1.165) is 59.2 Å². The summed E-state index contributed by atoms with van der Waals surface area (Å²) in [5.74, 6) is 1.31. The van der Waals surface area contributed by atoms with Crippen molar-refractivity contribution in [3.05, 3.63) is 34.5 Å². The summed E-state index contributed by atoms with van der Waals surface area (Å²) in [6, 6.07) is 6.94. The molecule has 0 saturated carbocycles. The van der Waals surface area contributed by atoms with Crippen LogP contribution in [-0.2, 0) is 4.74 Å². The number of nitrogens with zero attached hydrogens (tertiary/aromatic N) is 3. The van der Waals surface area contributed by atoms with Gasteiger partial charge in [-0.05, 0) is 18.2 Å². The number of benzene rings is 1. The Morgan fingerprint density at radius 2 is 1.73 bits per heavy atom. The van der Waals surface area contributed by atoms with E-state index >= 15 is 0 Å². The fourth-order valence-electron chi connectivity index (χ4n) is 3.54. The van der Waals surface area contributed by atoms with E-state index in [1.54, 1.807) is 25.3 Å². The van der Waals surface area contributed by atoms with Crippen LogP contribution in [0.25, 0.3) is 11.0 Å². The lowest BCUT2D eigenvalue weighted by Crippen LogP contribution is -2.52. The van der Waals surface area contributed by atoms with Gasteiger partial charge >= 0.3 is 0 Å². The summed E-state index contributed by atoms with van der Waals surface area (Å²) in [6.45, 7) is 8.28. The minimum absolute atomic E-state index is 0.0316. The summed E-state index contributed by atoms with van der Waals surface area (Å²) in [4.78, 5) is 19.5. The highest BCUT2D eigenvalue weighted by molar-refractivity contribution is 5.79. The fraction of sp³-hybridized carbons (Fsp3) is 0.526. The number of fused-ring (bicyclic) bond motifs is 1. The van der Waals surface area contributed by atoms with Crippen molar-refractivity contribution in [2.24, 2.45) is 0 Å². The molecule has 1 aromatic carbocycles. The SMILES string of the molecule is COc1ccc2oc(N3CCN(CN4CCOCC4)CC3)cc(=O)c2c1. The molecule has 2 aliphatic heterocycles. The lowest BCUT2D eigenvalue weighted by atomic mass is 10.2. The van der Waals surface area contributed by atoms with Crippen LogP contribution in [0.5, 0.6) is 5.75 Å². The molecule has 0 radical (unpaired) electrons. The first-order valence-electron chi connectivity index (χ1n) is 9.12. The van der Waals surface area contributed by atoms with Gasteiger partial charge in [-0.15, -0.1) is 0 Å². The molecule has 2 fully saturated rings. The number of piperazine rings is 1. The molecule has 0 amide bonds.